The Morgan fingerprint density at radius 1 is 0.600 bits per heavy atom. The van der Waals surface area contributed by atoms with Gasteiger partial charge in [-0.3, -0.25) is 0 Å². The standard InChI is InChI=1S/C13H24O2/c14-12-5-1-10(2-6-12)9-11-3-7-13(15)8-4-11/h10-15H,1-9H2. The fraction of sp³-hybridized carbons (Fsp3) is 1.00. The van der Waals surface area contributed by atoms with Crippen molar-refractivity contribution in [3.05, 3.63) is 0 Å². The first-order chi connectivity index (χ1) is 7.24. The smallest absolute Gasteiger partial charge is 0.0540 e. The number of hydrogen-bond donors (Lipinski definition) is 2. The van der Waals surface area contributed by atoms with Gasteiger partial charge in [0.2, 0.25) is 0 Å². The van der Waals surface area contributed by atoms with Gasteiger partial charge in [-0.15, -0.1) is 0 Å². The summed E-state index contributed by atoms with van der Waals surface area (Å²) in [6, 6.07) is 0. The molecule has 0 spiro atoms. The molecule has 15 heavy (non-hydrogen) atoms. The van der Waals surface area contributed by atoms with E-state index in [4.69, 9.17) is 0 Å². The van der Waals surface area contributed by atoms with E-state index in [-0.39, 0.29) is 12.2 Å². The highest BCUT2D eigenvalue weighted by Gasteiger charge is 2.25. The van der Waals surface area contributed by atoms with Gasteiger partial charge in [0.1, 0.15) is 0 Å². The average Bonchev–Trinajstić information content (AvgIpc) is 2.25. The third-order valence-electron chi connectivity index (χ3n) is 4.30. The van der Waals surface area contributed by atoms with E-state index in [1.807, 2.05) is 0 Å². The molecule has 2 N–H and O–H groups in total. The zero-order chi connectivity index (χ0) is 10.7. The molecule has 0 bridgehead atoms. The van der Waals surface area contributed by atoms with Gasteiger partial charge in [-0.1, -0.05) is 0 Å². The SMILES string of the molecule is OC1CCC(CC2CCC(O)CC2)CC1. The van der Waals surface area contributed by atoms with Gasteiger partial charge < -0.3 is 10.2 Å². The number of hydrogen-bond acceptors (Lipinski definition) is 2. The Hall–Kier alpha value is -0.0800. The normalized spacial score (nSPS) is 42.8. The molecule has 2 aliphatic carbocycles. The summed E-state index contributed by atoms with van der Waals surface area (Å²) in [5.74, 6) is 1.71. The molecule has 0 heterocycles. The van der Waals surface area contributed by atoms with Crippen molar-refractivity contribution in [1.82, 2.24) is 0 Å². The van der Waals surface area contributed by atoms with Gasteiger partial charge in [0, 0.05) is 0 Å². The van der Waals surface area contributed by atoms with E-state index in [0.29, 0.717) is 0 Å². The molecule has 2 aliphatic rings. The summed E-state index contributed by atoms with van der Waals surface area (Å²) in [5.41, 5.74) is 0. The van der Waals surface area contributed by atoms with Crippen molar-refractivity contribution in [1.29, 1.82) is 0 Å². The molecule has 88 valence electrons. The van der Waals surface area contributed by atoms with Gasteiger partial charge in [-0.05, 0) is 69.6 Å². The number of aliphatic hydroxyl groups is 2. The third kappa shape index (κ3) is 3.46. The van der Waals surface area contributed by atoms with Crippen LogP contribution in [-0.4, -0.2) is 22.4 Å². The number of aliphatic hydroxyl groups excluding tert-OH is 2. The zero-order valence-corrected chi connectivity index (χ0v) is 9.57. The molecule has 0 aliphatic heterocycles. The van der Waals surface area contributed by atoms with E-state index in [2.05, 4.69) is 0 Å². The highest BCUT2D eigenvalue weighted by atomic mass is 16.3. The molecule has 2 fully saturated rings. The van der Waals surface area contributed by atoms with E-state index >= 15 is 0 Å². The van der Waals surface area contributed by atoms with Gasteiger partial charge >= 0.3 is 0 Å². The van der Waals surface area contributed by atoms with Crippen LogP contribution in [0.25, 0.3) is 0 Å². The average molecular weight is 212 g/mol. The van der Waals surface area contributed by atoms with Crippen LogP contribution in [0.5, 0.6) is 0 Å². The second-order valence-electron chi connectivity index (χ2n) is 5.58. The van der Waals surface area contributed by atoms with Crippen LogP contribution in [0.2, 0.25) is 0 Å². The van der Waals surface area contributed by atoms with E-state index in [0.717, 1.165) is 37.5 Å². The Balaban J connectivity index is 1.68. The summed E-state index contributed by atoms with van der Waals surface area (Å²) in [6.07, 6.45) is 10.3. The van der Waals surface area contributed by atoms with Crippen LogP contribution in [0.15, 0.2) is 0 Å². The lowest BCUT2D eigenvalue weighted by Gasteiger charge is -2.31. The summed E-state index contributed by atoms with van der Waals surface area (Å²) in [5, 5.41) is 18.9. The number of rotatable bonds is 2. The quantitative estimate of drug-likeness (QED) is 0.738. The van der Waals surface area contributed by atoms with Crippen LogP contribution >= 0.6 is 0 Å². The molecular formula is C13H24O2. The Bertz CT molecular complexity index is 157. The van der Waals surface area contributed by atoms with Crippen molar-refractivity contribution >= 4 is 0 Å². The van der Waals surface area contributed by atoms with E-state index in [1.165, 1.54) is 32.1 Å². The van der Waals surface area contributed by atoms with Gasteiger partial charge in [-0.25, -0.2) is 0 Å². The second-order valence-corrected chi connectivity index (χ2v) is 5.58. The van der Waals surface area contributed by atoms with Crippen LogP contribution in [0.4, 0.5) is 0 Å². The predicted molar refractivity (Wildman–Crippen MR) is 60.5 cm³/mol. The van der Waals surface area contributed by atoms with Crippen LogP contribution in [0.1, 0.15) is 57.8 Å². The molecule has 2 nitrogen and oxygen atoms in total. The minimum Gasteiger partial charge on any atom is -0.393 e. The highest BCUT2D eigenvalue weighted by Crippen LogP contribution is 2.35. The first kappa shape index (κ1) is 11.4. The maximum Gasteiger partial charge on any atom is 0.0540 e. The lowest BCUT2D eigenvalue weighted by atomic mass is 9.76. The maximum atomic E-state index is 9.43. The van der Waals surface area contributed by atoms with Crippen LogP contribution in [0, 0.1) is 11.8 Å². The molecule has 0 atom stereocenters. The molecule has 2 saturated carbocycles. The molecule has 0 aromatic heterocycles. The minimum absolute atomic E-state index is 0.0190. The van der Waals surface area contributed by atoms with Crippen molar-refractivity contribution in [3.8, 4) is 0 Å². The van der Waals surface area contributed by atoms with Crippen LogP contribution in [0.3, 0.4) is 0 Å². The first-order valence-electron chi connectivity index (χ1n) is 6.60. The van der Waals surface area contributed by atoms with Gasteiger partial charge in [-0.2, -0.15) is 0 Å². The second kappa shape index (κ2) is 5.31. The zero-order valence-electron chi connectivity index (χ0n) is 9.57. The summed E-state index contributed by atoms with van der Waals surface area (Å²) >= 11 is 0. The van der Waals surface area contributed by atoms with Gasteiger partial charge in [0.05, 0.1) is 12.2 Å². The topological polar surface area (TPSA) is 40.5 Å². The molecule has 2 heteroatoms. The Morgan fingerprint density at radius 3 is 1.27 bits per heavy atom. The molecule has 0 unspecified atom stereocenters. The monoisotopic (exact) mass is 212 g/mol. The fourth-order valence-corrected chi connectivity index (χ4v) is 3.23. The molecular weight excluding hydrogens is 188 g/mol. The van der Waals surface area contributed by atoms with Crippen molar-refractivity contribution in [2.24, 2.45) is 11.8 Å². The van der Waals surface area contributed by atoms with Gasteiger partial charge in [0.25, 0.3) is 0 Å². The van der Waals surface area contributed by atoms with E-state index in [9.17, 15) is 10.2 Å². The van der Waals surface area contributed by atoms with Crippen molar-refractivity contribution in [2.45, 2.75) is 70.0 Å². The molecule has 0 aromatic rings. The largest absolute Gasteiger partial charge is 0.393 e. The Labute approximate surface area is 92.7 Å². The van der Waals surface area contributed by atoms with Crippen molar-refractivity contribution in [2.75, 3.05) is 0 Å². The molecule has 2 rings (SSSR count). The predicted octanol–water partition coefficient (Wildman–Crippen LogP) is 2.48. The van der Waals surface area contributed by atoms with E-state index < -0.39 is 0 Å². The molecule has 0 saturated heterocycles. The fourth-order valence-electron chi connectivity index (χ4n) is 3.23. The summed E-state index contributed by atoms with van der Waals surface area (Å²) in [4.78, 5) is 0. The lowest BCUT2D eigenvalue weighted by Crippen LogP contribution is -2.23. The Kier molecular flexibility index (Phi) is 4.04. The van der Waals surface area contributed by atoms with Gasteiger partial charge in [0.15, 0.2) is 0 Å². The third-order valence-corrected chi connectivity index (χ3v) is 4.30. The summed E-state index contributed by atoms with van der Waals surface area (Å²) in [6.45, 7) is 0. The summed E-state index contributed by atoms with van der Waals surface area (Å²) < 4.78 is 0. The van der Waals surface area contributed by atoms with Crippen LogP contribution < -0.4 is 0 Å². The first-order valence-corrected chi connectivity index (χ1v) is 6.60. The lowest BCUT2D eigenvalue weighted by molar-refractivity contribution is 0.0803. The minimum atomic E-state index is -0.0190. The van der Waals surface area contributed by atoms with Crippen molar-refractivity contribution in [3.63, 3.8) is 0 Å². The van der Waals surface area contributed by atoms with E-state index in [1.54, 1.807) is 0 Å². The Morgan fingerprint density at radius 2 is 0.933 bits per heavy atom. The molecule has 0 amide bonds. The molecule has 0 radical (unpaired) electrons. The van der Waals surface area contributed by atoms with Crippen LogP contribution in [-0.2, 0) is 0 Å². The maximum absolute atomic E-state index is 9.43. The molecule has 0 aromatic carbocycles. The summed E-state index contributed by atoms with van der Waals surface area (Å²) in [7, 11) is 0. The highest BCUT2D eigenvalue weighted by molar-refractivity contribution is 4.77. The van der Waals surface area contributed by atoms with Crippen molar-refractivity contribution < 1.29 is 10.2 Å².